The maximum atomic E-state index is 12.5. The third kappa shape index (κ3) is 3.64. The Morgan fingerprint density at radius 1 is 1.05 bits per heavy atom. The van der Waals surface area contributed by atoms with Gasteiger partial charge in [0.05, 0.1) is 5.92 Å². The van der Waals surface area contributed by atoms with E-state index in [9.17, 15) is 9.59 Å². The molecule has 0 bridgehead atoms. The van der Waals surface area contributed by atoms with E-state index >= 15 is 0 Å². The first-order chi connectivity index (χ1) is 9.61. The molecular weight excluding hydrogens is 256 g/mol. The highest BCUT2D eigenvalue weighted by atomic mass is 16.4. The molecule has 0 radical (unpaired) electrons. The summed E-state index contributed by atoms with van der Waals surface area (Å²) in [4.78, 5) is 27.3. The minimum atomic E-state index is -0.774. The minimum Gasteiger partial charge on any atom is -0.481 e. The Morgan fingerprint density at radius 3 is 2.45 bits per heavy atom. The number of carbonyl (C=O) groups excluding carboxylic acids is 1. The van der Waals surface area contributed by atoms with Gasteiger partial charge in [0.2, 0.25) is 0 Å². The van der Waals surface area contributed by atoms with Gasteiger partial charge < -0.3 is 14.9 Å². The normalized spacial score (nSPS) is 28.1. The maximum Gasteiger partial charge on any atom is 0.320 e. The quantitative estimate of drug-likeness (QED) is 0.846. The number of likely N-dealkylation sites (tertiary alicyclic amines) is 2. The lowest BCUT2D eigenvalue weighted by molar-refractivity contribution is -0.143. The molecule has 0 aliphatic carbocycles. The van der Waals surface area contributed by atoms with Crippen molar-refractivity contribution in [3.63, 3.8) is 0 Å². The first-order valence-electron chi connectivity index (χ1n) is 7.88. The Labute approximate surface area is 120 Å². The number of aliphatic carboxylic acids is 1. The van der Waals surface area contributed by atoms with Crippen molar-refractivity contribution in [2.45, 2.75) is 45.4 Å². The van der Waals surface area contributed by atoms with Gasteiger partial charge in [0.25, 0.3) is 0 Å². The summed E-state index contributed by atoms with van der Waals surface area (Å²) >= 11 is 0. The fourth-order valence-electron chi connectivity index (χ4n) is 3.32. The van der Waals surface area contributed by atoms with Crippen LogP contribution in [-0.2, 0) is 4.79 Å². The Bertz CT molecular complexity index is 359. The zero-order valence-corrected chi connectivity index (χ0v) is 12.4. The average Bonchev–Trinajstić information content (AvgIpc) is 2.72. The lowest BCUT2D eigenvalue weighted by atomic mass is 9.98. The summed E-state index contributed by atoms with van der Waals surface area (Å²) in [5.74, 6) is -0.423. The van der Waals surface area contributed by atoms with E-state index in [1.165, 1.54) is 12.8 Å². The number of urea groups is 1. The predicted octanol–water partition coefficient (Wildman–Crippen LogP) is 2.42. The number of hydrogen-bond acceptors (Lipinski definition) is 2. The van der Waals surface area contributed by atoms with E-state index < -0.39 is 5.97 Å². The number of amides is 2. The minimum absolute atomic E-state index is 0.0488. The van der Waals surface area contributed by atoms with E-state index in [1.54, 1.807) is 4.90 Å². The van der Waals surface area contributed by atoms with Crippen LogP contribution in [0.2, 0.25) is 0 Å². The summed E-state index contributed by atoms with van der Waals surface area (Å²) in [5, 5.41) is 9.11. The molecule has 5 nitrogen and oxygen atoms in total. The molecule has 0 aromatic rings. The molecule has 2 aliphatic heterocycles. The number of piperidine rings is 1. The Hall–Kier alpha value is -1.26. The molecule has 1 N–H and O–H groups in total. The van der Waals surface area contributed by atoms with Gasteiger partial charge in [-0.3, -0.25) is 4.79 Å². The second kappa shape index (κ2) is 6.95. The number of hydrogen-bond donors (Lipinski definition) is 1. The van der Waals surface area contributed by atoms with Crippen LogP contribution in [0.3, 0.4) is 0 Å². The van der Waals surface area contributed by atoms with Gasteiger partial charge in [-0.2, -0.15) is 0 Å². The highest BCUT2D eigenvalue weighted by molar-refractivity contribution is 5.76. The van der Waals surface area contributed by atoms with Crippen LogP contribution in [0.5, 0.6) is 0 Å². The summed E-state index contributed by atoms with van der Waals surface area (Å²) < 4.78 is 0. The topological polar surface area (TPSA) is 60.9 Å². The molecule has 0 saturated carbocycles. The maximum absolute atomic E-state index is 12.5. The molecule has 2 rings (SSSR count). The molecule has 0 aromatic carbocycles. The summed E-state index contributed by atoms with van der Waals surface area (Å²) in [7, 11) is 0. The molecule has 20 heavy (non-hydrogen) atoms. The van der Waals surface area contributed by atoms with Gasteiger partial charge >= 0.3 is 12.0 Å². The van der Waals surface area contributed by atoms with Gasteiger partial charge in [0.1, 0.15) is 0 Å². The van der Waals surface area contributed by atoms with Gasteiger partial charge in [0, 0.05) is 26.2 Å². The van der Waals surface area contributed by atoms with Crippen LogP contribution in [0.4, 0.5) is 4.79 Å². The van der Waals surface area contributed by atoms with Crippen LogP contribution < -0.4 is 0 Å². The molecule has 0 aromatic heterocycles. The van der Waals surface area contributed by atoms with Gasteiger partial charge in [-0.25, -0.2) is 4.79 Å². The van der Waals surface area contributed by atoms with Crippen molar-refractivity contribution in [2.75, 3.05) is 26.2 Å². The number of rotatable bonds is 2. The van der Waals surface area contributed by atoms with E-state index in [2.05, 4.69) is 6.92 Å². The zero-order valence-electron chi connectivity index (χ0n) is 12.4. The van der Waals surface area contributed by atoms with Crippen molar-refractivity contribution in [3.05, 3.63) is 0 Å². The molecule has 2 heterocycles. The Balaban J connectivity index is 1.91. The van der Waals surface area contributed by atoms with E-state index in [0.717, 1.165) is 38.3 Å². The summed E-state index contributed by atoms with van der Waals surface area (Å²) in [6, 6.07) is 0.0488. The zero-order chi connectivity index (χ0) is 14.5. The second-order valence-electron chi connectivity index (χ2n) is 6.10. The van der Waals surface area contributed by atoms with Crippen molar-refractivity contribution in [3.8, 4) is 0 Å². The first-order valence-corrected chi connectivity index (χ1v) is 7.88. The number of carboxylic acids is 1. The van der Waals surface area contributed by atoms with E-state index in [0.29, 0.717) is 19.5 Å². The van der Waals surface area contributed by atoms with Crippen molar-refractivity contribution < 1.29 is 14.7 Å². The number of nitrogens with zero attached hydrogens (tertiary/aromatic N) is 2. The summed E-state index contributed by atoms with van der Waals surface area (Å²) in [6.45, 7) is 4.94. The third-order valence-electron chi connectivity index (χ3n) is 4.74. The summed E-state index contributed by atoms with van der Waals surface area (Å²) in [5.41, 5.74) is 0. The molecule has 2 saturated heterocycles. The Kier molecular flexibility index (Phi) is 5.26. The monoisotopic (exact) mass is 282 g/mol. The molecule has 2 atom stereocenters. The molecule has 2 aliphatic rings. The van der Waals surface area contributed by atoms with Gasteiger partial charge in [0.15, 0.2) is 0 Å². The van der Waals surface area contributed by atoms with Crippen LogP contribution in [-0.4, -0.2) is 53.1 Å². The van der Waals surface area contributed by atoms with E-state index in [-0.39, 0.29) is 11.9 Å². The number of carboxylic acid groups (broad SMARTS) is 1. The standard InChI is InChI=1S/C15H26N2O3/c1-2-12-5-3-8-16(10-7-12)15(20)17-9-4-6-13(11-17)14(18)19/h12-13H,2-11H2,1H3,(H,18,19)/t12?,13-/m1/s1. The summed E-state index contributed by atoms with van der Waals surface area (Å²) in [6.07, 6.45) is 6.04. The van der Waals surface area contributed by atoms with Crippen LogP contribution in [0.1, 0.15) is 45.4 Å². The molecule has 1 unspecified atom stereocenters. The molecule has 2 amide bonds. The predicted molar refractivity (Wildman–Crippen MR) is 76.5 cm³/mol. The van der Waals surface area contributed by atoms with Crippen molar-refractivity contribution in [2.24, 2.45) is 11.8 Å². The molecule has 0 spiro atoms. The average molecular weight is 282 g/mol. The lowest BCUT2D eigenvalue weighted by Crippen LogP contribution is -2.49. The SMILES string of the molecule is CCC1CCCN(C(=O)N2CCC[C@@H](C(=O)O)C2)CC1. The smallest absolute Gasteiger partial charge is 0.320 e. The van der Waals surface area contributed by atoms with Gasteiger partial charge in [-0.05, 0) is 38.0 Å². The van der Waals surface area contributed by atoms with Crippen LogP contribution in [0.15, 0.2) is 0 Å². The third-order valence-corrected chi connectivity index (χ3v) is 4.74. The van der Waals surface area contributed by atoms with Crippen LogP contribution >= 0.6 is 0 Å². The second-order valence-corrected chi connectivity index (χ2v) is 6.10. The van der Waals surface area contributed by atoms with E-state index in [4.69, 9.17) is 5.11 Å². The fraction of sp³-hybridized carbons (Fsp3) is 0.867. The highest BCUT2D eigenvalue weighted by Gasteiger charge is 2.31. The fourth-order valence-corrected chi connectivity index (χ4v) is 3.32. The van der Waals surface area contributed by atoms with Crippen molar-refractivity contribution >= 4 is 12.0 Å². The van der Waals surface area contributed by atoms with Crippen molar-refractivity contribution in [1.82, 2.24) is 9.80 Å². The van der Waals surface area contributed by atoms with E-state index in [1.807, 2.05) is 4.90 Å². The lowest BCUT2D eigenvalue weighted by Gasteiger charge is -2.34. The van der Waals surface area contributed by atoms with Gasteiger partial charge in [-0.1, -0.05) is 13.3 Å². The molecule has 114 valence electrons. The van der Waals surface area contributed by atoms with Crippen molar-refractivity contribution in [1.29, 1.82) is 0 Å². The molecule has 5 heteroatoms. The van der Waals surface area contributed by atoms with Gasteiger partial charge in [-0.15, -0.1) is 0 Å². The molecular formula is C15H26N2O3. The van der Waals surface area contributed by atoms with Crippen LogP contribution in [0.25, 0.3) is 0 Å². The first kappa shape index (κ1) is 15.1. The van der Waals surface area contributed by atoms with Crippen LogP contribution in [0, 0.1) is 11.8 Å². The molecule has 2 fully saturated rings. The highest BCUT2D eigenvalue weighted by Crippen LogP contribution is 2.23. The number of carbonyl (C=O) groups is 2. The Morgan fingerprint density at radius 2 is 1.75 bits per heavy atom. The largest absolute Gasteiger partial charge is 0.481 e.